The third-order valence-corrected chi connectivity index (χ3v) is 5.71. The second-order valence-corrected chi connectivity index (χ2v) is 8.63. The number of hydrogen-bond donors (Lipinski definition) is 8. The molecule has 17 heteroatoms. The van der Waals surface area contributed by atoms with Crippen molar-refractivity contribution in [2.75, 3.05) is 19.0 Å². The number of nitrogens with one attached hydrogen (secondary N) is 1. The monoisotopic (exact) mass is 515 g/mol. The molecule has 35 heavy (non-hydrogen) atoms. The van der Waals surface area contributed by atoms with E-state index in [0.717, 1.165) is 13.2 Å². The summed E-state index contributed by atoms with van der Waals surface area (Å²) in [5.74, 6) is -2.06. The summed E-state index contributed by atoms with van der Waals surface area (Å²) in [5.41, 5.74) is 0.405. The van der Waals surface area contributed by atoms with Gasteiger partial charge in [-0.2, -0.15) is 0 Å². The van der Waals surface area contributed by atoms with Gasteiger partial charge in [0, 0.05) is 12.6 Å². The Morgan fingerprint density at radius 1 is 1.14 bits per heavy atom. The van der Waals surface area contributed by atoms with Crippen molar-refractivity contribution >= 4 is 24.8 Å². The first-order valence-electron chi connectivity index (χ1n) is 9.96. The van der Waals surface area contributed by atoms with Crippen LogP contribution in [0.3, 0.4) is 0 Å². The molecule has 190 valence electrons. The minimum absolute atomic E-state index is 0.0246. The van der Waals surface area contributed by atoms with Crippen LogP contribution in [0.5, 0.6) is 23.0 Å². The molecule has 0 bridgehead atoms. The summed E-state index contributed by atoms with van der Waals surface area (Å²) in [7, 11) is -3.92. The molecule has 4 rings (SSSR count). The minimum Gasteiger partial charge on any atom is -0.507 e. The van der Waals surface area contributed by atoms with Crippen molar-refractivity contribution in [1.82, 2.24) is 19.5 Å². The second-order valence-electron chi connectivity index (χ2n) is 7.47. The summed E-state index contributed by atoms with van der Waals surface area (Å²) in [5, 5.41) is 52.8. The minimum atomic E-state index is -5.06. The van der Waals surface area contributed by atoms with Gasteiger partial charge in [0.15, 0.2) is 34.7 Å². The standard InChI is InChI=1S/C18H22N5O11P/c1-32-14-7(8(25)2-9(26)15(14)34-35(29,30)31)3-19-16-11-17(21-5-20-16)23(6-22-11)18-13(28)12(27)10(4-24)33-18/h2,5-6,10,12-13,18,24-28H,3-4H2,1H3,(H,19,20,21)(H2,29,30,31)/t10-,12-,13-,18-/m1/s1. The average molecular weight is 515 g/mol. The average Bonchev–Trinajstić information content (AvgIpc) is 3.35. The number of phosphoric ester groups is 1. The van der Waals surface area contributed by atoms with E-state index in [-0.39, 0.29) is 34.8 Å². The van der Waals surface area contributed by atoms with Gasteiger partial charge < -0.3 is 44.8 Å². The highest BCUT2D eigenvalue weighted by molar-refractivity contribution is 7.46. The SMILES string of the molecule is COc1c(CNc2ncnc3c2ncn3[C@@H]2O[C@H](CO)[C@@H](O)[C@H]2O)c(O)cc(O)c1OP(=O)(O)O. The molecular formula is C18H22N5O11P. The smallest absolute Gasteiger partial charge is 0.507 e. The number of aliphatic hydroxyl groups is 3. The summed E-state index contributed by atoms with van der Waals surface area (Å²) in [4.78, 5) is 30.7. The third-order valence-electron chi connectivity index (χ3n) is 5.29. The molecule has 0 spiro atoms. The molecular weight excluding hydrogens is 493 g/mol. The van der Waals surface area contributed by atoms with E-state index in [4.69, 9.17) is 19.3 Å². The quantitative estimate of drug-likeness (QED) is 0.167. The Balaban J connectivity index is 1.65. The molecule has 0 aliphatic carbocycles. The number of hydrogen-bond acceptors (Lipinski definition) is 13. The molecule has 1 aliphatic heterocycles. The summed E-state index contributed by atoms with van der Waals surface area (Å²) in [6.45, 7) is -0.728. The van der Waals surface area contributed by atoms with Gasteiger partial charge in [0.1, 0.15) is 30.4 Å². The summed E-state index contributed by atoms with van der Waals surface area (Å²) in [6.07, 6.45) is -2.28. The second kappa shape index (κ2) is 9.43. The number of fused-ring (bicyclic) bond motifs is 1. The molecule has 2 aromatic heterocycles. The zero-order valence-electron chi connectivity index (χ0n) is 18.0. The van der Waals surface area contributed by atoms with Crippen molar-refractivity contribution in [3.8, 4) is 23.0 Å². The van der Waals surface area contributed by atoms with Crippen LogP contribution in [0.4, 0.5) is 5.82 Å². The predicted octanol–water partition coefficient (Wildman–Crippen LogP) is -1.06. The zero-order chi connectivity index (χ0) is 25.5. The van der Waals surface area contributed by atoms with E-state index < -0.39 is 56.2 Å². The van der Waals surface area contributed by atoms with Gasteiger partial charge in [0.05, 0.1) is 25.6 Å². The van der Waals surface area contributed by atoms with Crippen molar-refractivity contribution in [2.45, 2.75) is 31.1 Å². The Morgan fingerprint density at radius 3 is 2.51 bits per heavy atom. The van der Waals surface area contributed by atoms with E-state index in [1.165, 1.54) is 17.2 Å². The molecule has 3 heterocycles. The summed E-state index contributed by atoms with van der Waals surface area (Å²) in [6, 6.07) is 0.830. The summed E-state index contributed by atoms with van der Waals surface area (Å²) >= 11 is 0. The van der Waals surface area contributed by atoms with E-state index in [1.54, 1.807) is 0 Å². The number of aromatic nitrogens is 4. The predicted molar refractivity (Wildman–Crippen MR) is 115 cm³/mol. The lowest BCUT2D eigenvalue weighted by Gasteiger charge is -2.18. The number of aliphatic hydroxyl groups excluding tert-OH is 3. The fourth-order valence-corrected chi connectivity index (χ4v) is 4.11. The third kappa shape index (κ3) is 4.68. The number of phenolic OH excluding ortho intramolecular Hbond substituents is 2. The molecule has 1 fully saturated rings. The Kier molecular flexibility index (Phi) is 6.70. The Bertz CT molecular complexity index is 1280. The van der Waals surface area contributed by atoms with Gasteiger partial charge in [0.25, 0.3) is 0 Å². The van der Waals surface area contributed by atoms with Crippen LogP contribution in [0, 0.1) is 0 Å². The van der Waals surface area contributed by atoms with Gasteiger partial charge in [-0.3, -0.25) is 14.4 Å². The molecule has 0 radical (unpaired) electrons. The molecule has 8 N–H and O–H groups in total. The van der Waals surface area contributed by atoms with Crippen molar-refractivity contribution in [3.63, 3.8) is 0 Å². The maximum absolute atomic E-state index is 11.3. The molecule has 0 saturated carbocycles. The van der Waals surface area contributed by atoms with Crippen LogP contribution in [-0.4, -0.2) is 86.9 Å². The largest absolute Gasteiger partial charge is 0.525 e. The molecule has 0 amide bonds. The van der Waals surface area contributed by atoms with Crippen molar-refractivity contribution in [1.29, 1.82) is 0 Å². The van der Waals surface area contributed by atoms with Gasteiger partial charge in [-0.05, 0) is 0 Å². The lowest BCUT2D eigenvalue weighted by Crippen LogP contribution is -2.33. The van der Waals surface area contributed by atoms with E-state index in [0.29, 0.717) is 0 Å². The highest BCUT2D eigenvalue weighted by Gasteiger charge is 2.44. The van der Waals surface area contributed by atoms with Gasteiger partial charge in [0.2, 0.25) is 5.75 Å². The van der Waals surface area contributed by atoms with Gasteiger partial charge in [-0.15, -0.1) is 0 Å². The molecule has 4 atom stereocenters. The molecule has 1 aromatic carbocycles. The number of nitrogens with zero attached hydrogens (tertiary/aromatic N) is 4. The molecule has 16 nitrogen and oxygen atoms in total. The summed E-state index contributed by atoms with van der Waals surface area (Å²) < 4.78 is 27.8. The van der Waals surface area contributed by atoms with Crippen LogP contribution in [0.1, 0.15) is 11.8 Å². The van der Waals surface area contributed by atoms with Gasteiger partial charge in [-0.25, -0.2) is 19.5 Å². The van der Waals surface area contributed by atoms with Crippen molar-refractivity contribution in [3.05, 3.63) is 24.3 Å². The van der Waals surface area contributed by atoms with Crippen LogP contribution < -0.4 is 14.6 Å². The fourth-order valence-electron chi connectivity index (χ4n) is 3.70. The number of aromatic hydroxyl groups is 2. The van der Waals surface area contributed by atoms with Crippen molar-refractivity contribution in [2.24, 2.45) is 0 Å². The number of phosphoric acid groups is 1. The topological polar surface area (TPSA) is 242 Å². The van der Waals surface area contributed by atoms with Crippen LogP contribution in [0.15, 0.2) is 18.7 Å². The first-order chi connectivity index (χ1) is 16.6. The van der Waals surface area contributed by atoms with E-state index in [9.17, 15) is 30.1 Å². The lowest BCUT2D eigenvalue weighted by molar-refractivity contribution is -0.0511. The number of benzene rings is 1. The van der Waals surface area contributed by atoms with E-state index >= 15 is 0 Å². The fraction of sp³-hybridized carbons (Fsp3) is 0.389. The molecule has 3 aromatic rings. The number of anilines is 1. The number of rotatable bonds is 8. The Morgan fingerprint density at radius 2 is 1.89 bits per heavy atom. The number of imidazole rings is 1. The normalized spacial score (nSPS) is 22.5. The maximum atomic E-state index is 11.3. The van der Waals surface area contributed by atoms with Crippen LogP contribution >= 0.6 is 7.82 Å². The van der Waals surface area contributed by atoms with Crippen LogP contribution in [-0.2, 0) is 15.8 Å². The maximum Gasteiger partial charge on any atom is 0.525 e. The van der Waals surface area contributed by atoms with Gasteiger partial charge >= 0.3 is 7.82 Å². The van der Waals surface area contributed by atoms with E-state index in [1.807, 2.05) is 0 Å². The first-order valence-corrected chi connectivity index (χ1v) is 11.5. The Hall–Kier alpha value is -3.24. The lowest BCUT2D eigenvalue weighted by atomic mass is 10.1. The zero-order valence-corrected chi connectivity index (χ0v) is 18.8. The number of ether oxygens (including phenoxy) is 2. The van der Waals surface area contributed by atoms with Crippen LogP contribution in [0.25, 0.3) is 11.2 Å². The Labute approximate surface area is 196 Å². The first kappa shape index (κ1) is 24.9. The van der Waals surface area contributed by atoms with Crippen LogP contribution in [0.2, 0.25) is 0 Å². The molecule has 1 aliphatic rings. The van der Waals surface area contributed by atoms with Gasteiger partial charge in [-0.1, -0.05) is 0 Å². The number of methoxy groups -OCH3 is 1. The molecule has 1 saturated heterocycles. The van der Waals surface area contributed by atoms with E-state index in [2.05, 4.69) is 24.8 Å². The molecule has 0 unspecified atom stereocenters. The highest BCUT2D eigenvalue weighted by atomic mass is 31.2. The number of phenols is 2. The van der Waals surface area contributed by atoms with Crippen molar-refractivity contribution < 1.29 is 53.9 Å². The highest BCUT2D eigenvalue weighted by Crippen LogP contribution is 2.50.